The van der Waals surface area contributed by atoms with Crippen molar-refractivity contribution in [2.24, 2.45) is 5.14 Å². The topological polar surface area (TPSA) is 111 Å². The van der Waals surface area contributed by atoms with Crippen LogP contribution in [0.1, 0.15) is 24.1 Å². The van der Waals surface area contributed by atoms with Gasteiger partial charge in [0.05, 0.1) is 25.2 Å². The predicted octanol–water partition coefficient (Wildman–Crippen LogP) is 2.30. The molecule has 0 saturated heterocycles. The summed E-state index contributed by atoms with van der Waals surface area (Å²) in [6, 6.07) is 11.3. The van der Waals surface area contributed by atoms with Gasteiger partial charge < -0.3 is 19.7 Å². The number of methoxy groups -OCH3 is 2. The van der Waals surface area contributed by atoms with Gasteiger partial charge >= 0.3 is 6.03 Å². The lowest BCUT2D eigenvalue weighted by Gasteiger charge is -2.25. The maximum atomic E-state index is 12.5. The maximum absolute atomic E-state index is 12.5. The summed E-state index contributed by atoms with van der Waals surface area (Å²) in [5, 5.41) is 7.99. The first-order chi connectivity index (χ1) is 13.7. The van der Waals surface area contributed by atoms with Crippen molar-refractivity contribution in [3.8, 4) is 11.5 Å². The molecule has 2 amide bonds. The average Bonchev–Trinajstić information content (AvgIpc) is 2.71. The molecule has 0 aliphatic carbocycles. The number of rotatable bonds is 8. The zero-order valence-electron chi connectivity index (χ0n) is 17.0. The highest BCUT2D eigenvalue weighted by Gasteiger charge is 2.18. The number of sulfonamides is 1. The van der Waals surface area contributed by atoms with Gasteiger partial charge in [0.15, 0.2) is 11.5 Å². The number of nitrogens with two attached hydrogens (primary N) is 1. The fourth-order valence-corrected chi connectivity index (χ4v) is 3.33. The lowest BCUT2D eigenvalue weighted by molar-refractivity contribution is 0.194. The van der Waals surface area contributed by atoms with Crippen molar-refractivity contribution in [2.75, 3.05) is 27.8 Å². The van der Waals surface area contributed by atoms with Crippen molar-refractivity contribution < 1.29 is 22.7 Å². The van der Waals surface area contributed by atoms with Crippen LogP contribution < -0.4 is 19.9 Å². The van der Waals surface area contributed by atoms with Crippen LogP contribution >= 0.6 is 0 Å². The first kappa shape index (κ1) is 22.5. The zero-order chi connectivity index (χ0) is 21.6. The average molecular weight is 422 g/mol. The molecule has 0 heterocycles. The number of primary sulfonamides is 1. The molecule has 0 radical (unpaired) electrons. The summed E-state index contributed by atoms with van der Waals surface area (Å²) in [6.07, 6.45) is 0.636. The third-order valence-electron chi connectivity index (χ3n) is 4.73. The zero-order valence-corrected chi connectivity index (χ0v) is 17.8. The van der Waals surface area contributed by atoms with E-state index in [9.17, 15) is 13.2 Å². The normalized spacial score (nSPS) is 12.2. The van der Waals surface area contributed by atoms with Crippen molar-refractivity contribution in [2.45, 2.75) is 24.3 Å². The highest BCUT2D eigenvalue weighted by molar-refractivity contribution is 7.89. The molecule has 1 unspecified atom stereocenters. The number of amides is 2. The number of hydrogen-bond donors (Lipinski definition) is 2. The molecule has 2 aromatic rings. The number of ether oxygens (including phenoxy) is 2. The largest absolute Gasteiger partial charge is 0.493 e. The standard InChI is InChI=1S/C20H27N3O5S/c1-14(16-6-8-17(9-7-16)29(21,25)26)23(2)20(24)22-12-11-15-5-10-18(27-3)19(13-15)28-4/h5-10,13-14H,11-12H2,1-4H3,(H,22,24)(H2,21,25,26). The summed E-state index contributed by atoms with van der Waals surface area (Å²) >= 11 is 0. The molecule has 0 saturated carbocycles. The summed E-state index contributed by atoms with van der Waals surface area (Å²) < 4.78 is 33.2. The van der Waals surface area contributed by atoms with E-state index >= 15 is 0 Å². The van der Waals surface area contributed by atoms with Gasteiger partial charge in [-0.1, -0.05) is 18.2 Å². The number of hydrogen-bond acceptors (Lipinski definition) is 5. The number of benzene rings is 2. The summed E-state index contributed by atoms with van der Waals surface area (Å²) in [5.74, 6) is 1.30. The van der Waals surface area contributed by atoms with Crippen LogP contribution in [0.5, 0.6) is 11.5 Å². The van der Waals surface area contributed by atoms with E-state index < -0.39 is 10.0 Å². The molecular formula is C20H27N3O5S. The van der Waals surface area contributed by atoms with Crippen molar-refractivity contribution in [3.05, 3.63) is 53.6 Å². The summed E-state index contributed by atoms with van der Waals surface area (Å²) in [4.78, 5) is 14.0. The Balaban J connectivity index is 1.93. The van der Waals surface area contributed by atoms with Crippen molar-refractivity contribution in [1.82, 2.24) is 10.2 Å². The smallest absolute Gasteiger partial charge is 0.317 e. The van der Waals surface area contributed by atoms with E-state index in [4.69, 9.17) is 14.6 Å². The molecule has 0 fully saturated rings. The molecule has 158 valence electrons. The second kappa shape index (κ2) is 9.62. The fraction of sp³-hybridized carbons (Fsp3) is 0.350. The summed E-state index contributed by atoms with van der Waals surface area (Å²) in [7, 11) is 1.10. The molecule has 2 rings (SSSR count). The third kappa shape index (κ3) is 5.85. The van der Waals surface area contributed by atoms with Gasteiger partial charge in [-0.2, -0.15) is 0 Å². The highest BCUT2D eigenvalue weighted by Crippen LogP contribution is 2.27. The Morgan fingerprint density at radius 2 is 1.72 bits per heavy atom. The molecule has 29 heavy (non-hydrogen) atoms. The molecule has 0 spiro atoms. The van der Waals surface area contributed by atoms with Gasteiger partial charge in [0.2, 0.25) is 10.0 Å². The van der Waals surface area contributed by atoms with E-state index in [1.165, 1.54) is 12.1 Å². The number of carbonyl (C=O) groups is 1. The van der Waals surface area contributed by atoms with Crippen LogP contribution in [0.4, 0.5) is 4.79 Å². The van der Waals surface area contributed by atoms with E-state index in [0.29, 0.717) is 24.5 Å². The fourth-order valence-electron chi connectivity index (χ4n) is 2.81. The number of carbonyl (C=O) groups excluding carboxylic acids is 1. The van der Waals surface area contributed by atoms with E-state index in [2.05, 4.69) is 5.32 Å². The van der Waals surface area contributed by atoms with Crippen molar-refractivity contribution >= 4 is 16.1 Å². The van der Waals surface area contributed by atoms with E-state index in [1.54, 1.807) is 38.3 Å². The monoisotopic (exact) mass is 421 g/mol. The molecule has 1 atom stereocenters. The van der Waals surface area contributed by atoms with Crippen LogP contribution in [0.25, 0.3) is 0 Å². The number of nitrogens with zero attached hydrogens (tertiary/aromatic N) is 1. The summed E-state index contributed by atoms with van der Waals surface area (Å²) in [5.41, 5.74) is 1.81. The van der Waals surface area contributed by atoms with Crippen LogP contribution in [0.15, 0.2) is 47.4 Å². The van der Waals surface area contributed by atoms with Crippen LogP contribution in [-0.2, 0) is 16.4 Å². The highest BCUT2D eigenvalue weighted by atomic mass is 32.2. The molecule has 3 N–H and O–H groups in total. The first-order valence-electron chi connectivity index (χ1n) is 9.01. The number of nitrogens with one attached hydrogen (secondary N) is 1. The number of urea groups is 1. The van der Waals surface area contributed by atoms with Gasteiger partial charge in [-0.15, -0.1) is 0 Å². The second-order valence-corrected chi connectivity index (χ2v) is 8.13. The molecule has 2 aromatic carbocycles. The van der Waals surface area contributed by atoms with Gasteiger partial charge in [0.1, 0.15) is 0 Å². The van der Waals surface area contributed by atoms with E-state index in [-0.39, 0.29) is 17.0 Å². The molecule has 0 bridgehead atoms. The minimum atomic E-state index is -3.74. The first-order valence-corrected chi connectivity index (χ1v) is 10.6. The minimum Gasteiger partial charge on any atom is -0.493 e. The van der Waals surface area contributed by atoms with Crippen LogP contribution in [-0.4, -0.2) is 47.2 Å². The molecule has 8 nitrogen and oxygen atoms in total. The molecule has 0 aromatic heterocycles. The molecule has 0 aliphatic heterocycles. The Hall–Kier alpha value is -2.78. The minimum absolute atomic E-state index is 0.0375. The van der Waals surface area contributed by atoms with Crippen molar-refractivity contribution in [1.29, 1.82) is 0 Å². The summed E-state index contributed by atoms with van der Waals surface area (Å²) in [6.45, 7) is 2.32. The Kier molecular flexibility index (Phi) is 7.46. The molecule has 9 heteroatoms. The van der Waals surface area contributed by atoms with Gasteiger partial charge in [-0.25, -0.2) is 18.4 Å². The van der Waals surface area contributed by atoms with Crippen LogP contribution in [0.2, 0.25) is 0 Å². The van der Waals surface area contributed by atoms with Crippen LogP contribution in [0, 0.1) is 0 Å². The quantitative estimate of drug-likeness (QED) is 0.679. The second-order valence-electron chi connectivity index (χ2n) is 6.57. The molecular weight excluding hydrogens is 394 g/mol. The lowest BCUT2D eigenvalue weighted by Crippen LogP contribution is -2.39. The van der Waals surface area contributed by atoms with Crippen molar-refractivity contribution in [3.63, 3.8) is 0 Å². The SMILES string of the molecule is COc1ccc(CCNC(=O)N(C)C(C)c2ccc(S(N)(=O)=O)cc2)cc1OC. The van der Waals surface area contributed by atoms with E-state index in [0.717, 1.165) is 11.1 Å². The van der Waals surface area contributed by atoms with Gasteiger partial charge in [0, 0.05) is 13.6 Å². The van der Waals surface area contributed by atoms with Gasteiger partial charge in [-0.05, 0) is 48.7 Å². The van der Waals surface area contributed by atoms with Gasteiger partial charge in [-0.3, -0.25) is 0 Å². The van der Waals surface area contributed by atoms with E-state index in [1.807, 2.05) is 25.1 Å². The molecule has 0 aliphatic rings. The lowest BCUT2D eigenvalue weighted by atomic mass is 10.1. The Bertz CT molecular complexity index is 945. The predicted molar refractivity (Wildman–Crippen MR) is 111 cm³/mol. The Morgan fingerprint density at radius 1 is 1.10 bits per heavy atom. The Morgan fingerprint density at radius 3 is 2.28 bits per heavy atom. The Labute approximate surface area is 171 Å². The van der Waals surface area contributed by atoms with Gasteiger partial charge in [0.25, 0.3) is 0 Å². The third-order valence-corrected chi connectivity index (χ3v) is 5.66. The maximum Gasteiger partial charge on any atom is 0.317 e. The van der Waals surface area contributed by atoms with Crippen LogP contribution in [0.3, 0.4) is 0 Å².